The van der Waals surface area contributed by atoms with Gasteiger partial charge < -0.3 is 14.2 Å². The second kappa shape index (κ2) is 15.1. The van der Waals surface area contributed by atoms with Crippen LogP contribution in [0.15, 0.2) is 111 Å². The fraction of sp³-hybridized carbons (Fsp3) is 0.200. The van der Waals surface area contributed by atoms with E-state index in [0.717, 1.165) is 22.3 Å². The maximum Gasteiger partial charge on any atom is 0.338 e. The summed E-state index contributed by atoms with van der Waals surface area (Å²) < 4.78 is 20.0. The number of rotatable bonds is 10. The molecule has 5 aromatic rings. The monoisotopic (exact) mass is 747 g/mol. The highest BCUT2D eigenvalue weighted by Crippen LogP contribution is 2.38. The molecule has 1 aliphatic heterocycles. The molecule has 0 bridgehead atoms. The third-order valence-electron chi connectivity index (χ3n) is 8.35. The molecule has 0 spiro atoms. The zero-order chi connectivity index (χ0) is 35.4. The predicted octanol–water partition coefficient (Wildman–Crippen LogP) is 7.28. The van der Waals surface area contributed by atoms with Crippen LogP contribution in [0.3, 0.4) is 0 Å². The molecule has 1 aliphatic rings. The number of nitrogens with zero attached hydrogens (tertiary/aromatic N) is 3. The second-order valence-corrected chi connectivity index (χ2v) is 13.7. The van der Waals surface area contributed by atoms with E-state index in [-0.39, 0.29) is 18.8 Å². The van der Waals surface area contributed by atoms with E-state index >= 15 is 0 Å². The minimum atomic E-state index is -0.766. The highest BCUT2D eigenvalue weighted by Gasteiger charge is 2.35. The van der Waals surface area contributed by atoms with E-state index in [0.29, 0.717) is 53.6 Å². The molecular weight excluding hydrogens is 714 g/mol. The second-order valence-electron chi connectivity index (χ2n) is 11.8. The Morgan fingerprint density at radius 3 is 2.46 bits per heavy atom. The third kappa shape index (κ3) is 6.93. The molecule has 1 aromatic heterocycles. The van der Waals surface area contributed by atoms with Crippen LogP contribution in [0.2, 0.25) is 0 Å². The first kappa shape index (κ1) is 34.6. The van der Waals surface area contributed by atoms with E-state index in [1.54, 1.807) is 36.8 Å². The molecule has 8 nitrogen and oxygen atoms in total. The summed E-state index contributed by atoms with van der Waals surface area (Å²) in [4.78, 5) is 33.6. The van der Waals surface area contributed by atoms with Gasteiger partial charge in [-0.05, 0) is 69.7 Å². The van der Waals surface area contributed by atoms with Crippen molar-refractivity contribution in [3.8, 4) is 17.6 Å². The smallest absolute Gasteiger partial charge is 0.338 e. The number of benzene rings is 4. The Labute approximate surface area is 302 Å². The molecule has 50 heavy (non-hydrogen) atoms. The molecule has 1 atom stereocenters. The first-order chi connectivity index (χ1) is 24.2. The summed E-state index contributed by atoms with van der Waals surface area (Å²) in [5.41, 5.74) is 5.13. The molecule has 0 amide bonds. The van der Waals surface area contributed by atoms with Crippen molar-refractivity contribution in [3.05, 3.63) is 154 Å². The normalized spacial score (nSPS) is 14.2. The van der Waals surface area contributed by atoms with Crippen molar-refractivity contribution in [1.29, 1.82) is 5.26 Å². The maximum atomic E-state index is 14.4. The first-order valence-corrected chi connectivity index (χ1v) is 17.7. The Kier molecular flexibility index (Phi) is 10.5. The lowest BCUT2D eigenvalue weighted by molar-refractivity contribution is -0.138. The SMILES string of the molecule is CCOC(=O)C1=C(c2ccccc2)N=c2s/c(=C\c3cc(Br)c(OCc4ccccc4C#N)c(OC)c3)c(=O)n2[C@@H]1c1ccc(C(C)C)cc1. The van der Waals surface area contributed by atoms with Crippen molar-refractivity contribution in [3.63, 3.8) is 0 Å². The van der Waals surface area contributed by atoms with Gasteiger partial charge in [0.2, 0.25) is 0 Å². The topological polar surface area (TPSA) is 103 Å². The summed E-state index contributed by atoms with van der Waals surface area (Å²) in [6.45, 7) is 6.34. The van der Waals surface area contributed by atoms with Crippen molar-refractivity contribution in [2.75, 3.05) is 13.7 Å². The Morgan fingerprint density at radius 2 is 1.78 bits per heavy atom. The number of hydrogen-bond acceptors (Lipinski definition) is 8. The number of carbonyl (C=O) groups excluding carboxylic acids is 1. The van der Waals surface area contributed by atoms with Crippen LogP contribution in [0.5, 0.6) is 11.5 Å². The molecular formula is C40H34BrN3O5S. The average Bonchev–Trinajstić information content (AvgIpc) is 3.44. The highest BCUT2D eigenvalue weighted by molar-refractivity contribution is 9.10. The van der Waals surface area contributed by atoms with E-state index in [2.05, 4.69) is 35.8 Å². The summed E-state index contributed by atoms with van der Waals surface area (Å²) in [6, 6.07) is 29.8. The average molecular weight is 749 g/mol. The van der Waals surface area contributed by atoms with E-state index in [1.807, 2.05) is 78.9 Å². The standard InChI is InChI=1S/C40H34BrN3O5S/c1-5-48-39(46)34-35(27-11-7-6-8-12-27)43-40-44(36(34)28-17-15-26(16-18-28)24(2)3)38(45)33(50-40)21-25-19-31(41)37(32(20-25)47-4)49-23-30-14-10-9-13-29(30)22-42/h6-21,24,36H,5,23H2,1-4H3/b33-21-/t36-/m1/s1. The largest absolute Gasteiger partial charge is 0.493 e. The molecule has 6 rings (SSSR count). The predicted molar refractivity (Wildman–Crippen MR) is 198 cm³/mol. The number of carbonyl (C=O) groups is 1. The molecule has 10 heteroatoms. The molecule has 4 aromatic carbocycles. The van der Waals surface area contributed by atoms with Gasteiger partial charge in [0.1, 0.15) is 6.61 Å². The molecule has 0 saturated heterocycles. The van der Waals surface area contributed by atoms with Gasteiger partial charge in [-0.2, -0.15) is 5.26 Å². The molecule has 0 fully saturated rings. The molecule has 0 N–H and O–H groups in total. The van der Waals surface area contributed by atoms with Gasteiger partial charge in [0.25, 0.3) is 5.56 Å². The van der Waals surface area contributed by atoms with E-state index in [1.165, 1.54) is 11.3 Å². The summed E-state index contributed by atoms with van der Waals surface area (Å²) in [6.07, 6.45) is 1.78. The molecule has 0 unspecified atom stereocenters. The Hall–Kier alpha value is -5.24. The minimum Gasteiger partial charge on any atom is -0.493 e. The fourth-order valence-electron chi connectivity index (χ4n) is 5.84. The van der Waals surface area contributed by atoms with Gasteiger partial charge >= 0.3 is 5.97 Å². The van der Waals surface area contributed by atoms with Crippen LogP contribution in [0.1, 0.15) is 66.1 Å². The van der Waals surface area contributed by atoms with Crippen molar-refractivity contribution in [2.45, 2.75) is 39.3 Å². The lowest BCUT2D eigenvalue weighted by Gasteiger charge is -2.26. The number of hydrogen-bond donors (Lipinski definition) is 0. The summed E-state index contributed by atoms with van der Waals surface area (Å²) >= 11 is 4.87. The number of nitriles is 1. The summed E-state index contributed by atoms with van der Waals surface area (Å²) in [7, 11) is 1.54. The van der Waals surface area contributed by atoms with Crippen LogP contribution in [0.4, 0.5) is 0 Å². The van der Waals surface area contributed by atoms with Gasteiger partial charge in [-0.15, -0.1) is 0 Å². The van der Waals surface area contributed by atoms with Crippen molar-refractivity contribution in [1.82, 2.24) is 4.57 Å². The van der Waals surface area contributed by atoms with Gasteiger partial charge in [0, 0.05) is 11.1 Å². The number of ether oxygens (including phenoxy) is 3. The number of aromatic nitrogens is 1. The van der Waals surface area contributed by atoms with Crippen LogP contribution < -0.4 is 24.4 Å². The van der Waals surface area contributed by atoms with E-state index in [4.69, 9.17) is 19.2 Å². The van der Waals surface area contributed by atoms with Crippen molar-refractivity contribution < 1.29 is 19.0 Å². The third-order valence-corrected chi connectivity index (χ3v) is 9.92. The van der Waals surface area contributed by atoms with Gasteiger partial charge in [0.05, 0.1) is 51.7 Å². The van der Waals surface area contributed by atoms with Gasteiger partial charge in [-0.25, -0.2) is 9.79 Å². The zero-order valence-electron chi connectivity index (χ0n) is 28.0. The molecule has 0 aliphatic carbocycles. The highest BCUT2D eigenvalue weighted by atomic mass is 79.9. The number of fused-ring (bicyclic) bond motifs is 1. The fourth-order valence-corrected chi connectivity index (χ4v) is 7.41. The number of esters is 1. The minimum absolute atomic E-state index is 0.168. The number of thiazole rings is 1. The van der Waals surface area contributed by atoms with Crippen LogP contribution in [0.25, 0.3) is 11.8 Å². The first-order valence-electron chi connectivity index (χ1n) is 16.1. The van der Waals surface area contributed by atoms with Gasteiger partial charge in [0.15, 0.2) is 16.3 Å². The van der Waals surface area contributed by atoms with Crippen LogP contribution in [-0.4, -0.2) is 24.3 Å². The Bertz CT molecular complexity index is 2320. The van der Waals surface area contributed by atoms with E-state index < -0.39 is 12.0 Å². The maximum absolute atomic E-state index is 14.4. The molecule has 0 saturated carbocycles. The van der Waals surface area contributed by atoms with Gasteiger partial charge in [-0.1, -0.05) is 98.0 Å². The van der Waals surface area contributed by atoms with Gasteiger partial charge in [-0.3, -0.25) is 9.36 Å². The quantitative estimate of drug-likeness (QED) is 0.139. The van der Waals surface area contributed by atoms with Crippen molar-refractivity contribution >= 4 is 45.0 Å². The van der Waals surface area contributed by atoms with Crippen LogP contribution in [-0.2, 0) is 16.1 Å². The number of halogens is 1. The molecule has 0 radical (unpaired) electrons. The van der Waals surface area contributed by atoms with E-state index in [9.17, 15) is 14.9 Å². The summed E-state index contributed by atoms with van der Waals surface area (Å²) in [5, 5.41) is 9.48. The van der Waals surface area contributed by atoms with Crippen LogP contribution in [0, 0.1) is 11.3 Å². The zero-order valence-corrected chi connectivity index (χ0v) is 30.4. The number of methoxy groups -OCH3 is 1. The van der Waals surface area contributed by atoms with Crippen LogP contribution >= 0.6 is 27.3 Å². The lowest BCUT2D eigenvalue weighted by Crippen LogP contribution is -2.40. The van der Waals surface area contributed by atoms with Crippen molar-refractivity contribution in [2.24, 2.45) is 4.99 Å². The Balaban J connectivity index is 1.49. The summed E-state index contributed by atoms with van der Waals surface area (Å²) in [5.74, 6) is 0.707. The Morgan fingerprint density at radius 1 is 1.06 bits per heavy atom. The molecule has 252 valence electrons. The molecule has 2 heterocycles. The lowest BCUT2D eigenvalue weighted by atomic mass is 9.91.